The third kappa shape index (κ3) is 8.14. The van der Waals surface area contributed by atoms with Crippen LogP contribution in [0.15, 0.2) is 55.0 Å². The first-order valence-electron chi connectivity index (χ1n) is 13.1. The number of aromatic nitrogens is 2. The Kier molecular flexibility index (Phi) is 9.73. The van der Waals surface area contributed by atoms with E-state index in [4.69, 9.17) is 10.8 Å². The van der Waals surface area contributed by atoms with Crippen LogP contribution in [-0.2, 0) is 12.7 Å². The van der Waals surface area contributed by atoms with Gasteiger partial charge in [-0.25, -0.2) is 9.97 Å². The minimum Gasteiger partial charge on any atom is -0.404 e. The number of amides is 1. The monoisotopic (exact) mass is 564 g/mol. The molecule has 41 heavy (non-hydrogen) atoms. The van der Waals surface area contributed by atoms with Crippen molar-refractivity contribution in [3.05, 3.63) is 94.2 Å². The Hall–Kier alpha value is -4.24. The number of nitrogens with zero attached hydrogens (tertiary/aromatic N) is 4. The summed E-state index contributed by atoms with van der Waals surface area (Å²) < 4.78 is 42.0. The second kappa shape index (κ2) is 13.4. The Morgan fingerprint density at radius 3 is 2.44 bits per heavy atom. The van der Waals surface area contributed by atoms with Gasteiger partial charge in [0.1, 0.15) is 0 Å². The van der Waals surface area contributed by atoms with Crippen molar-refractivity contribution in [3.63, 3.8) is 0 Å². The molecule has 0 atom stereocenters. The van der Waals surface area contributed by atoms with E-state index in [9.17, 15) is 18.0 Å². The summed E-state index contributed by atoms with van der Waals surface area (Å²) in [6, 6.07) is 8.81. The van der Waals surface area contributed by atoms with Gasteiger partial charge in [0.25, 0.3) is 5.91 Å². The number of alkyl halides is 3. The van der Waals surface area contributed by atoms with E-state index in [1.807, 2.05) is 11.8 Å². The van der Waals surface area contributed by atoms with E-state index in [0.717, 1.165) is 11.6 Å². The van der Waals surface area contributed by atoms with Crippen LogP contribution in [0.4, 0.5) is 18.9 Å². The molecule has 1 saturated heterocycles. The third-order valence-electron chi connectivity index (χ3n) is 6.71. The van der Waals surface area contributed by atoms with Gasteiger partial charge in [-0.3, -0.25) is 14.6 Å². The van der Waals surface area contributed by atoms with Gasteiger partial charge < -0.3 is 16.2 Å². The van der Waals surface area contributed by atoms with Crippen LogP contribution < -0.4 is 11.1 Å². The molecule has 2 heterocycles. The number of benzene rings is 2. The Morgan fingerprint density at radius 1 is 1.07 bits per heavy atom. The fourth-order valence-corrected chi connectivity index (χ4v) is 4.42. The van der Waals surface area contributed by atoms with Crippen LogP contribution in [0.5, 0.6) is 0 Å². The number of aliphatic hydroxyl groups excluding tert-OH is 1. The number of carbonyl (C=O) groups excluding carboxylic acids is 1. The maximum absolute atomic E-state index is 14.0. The molecule has 0 aliphatic carbocycles. The first-order chi connectivity index (χ1) is 19.7. The number of rotatable bonds is 7. The maximum atomic E-state index is 14.0. The highest BCUT2D eigenvalue weighted by molar-refractivity contribution is 6.04. The molecule has 1 fully saturated rings. The maximum Gasteiger partial charge on any atom is 0.416 e. The Balaban J connectivity index is 1.48. The van der Waals surface area contributed by atoms with Crippen LogP contribution >= 0.6 is 0 Å². The SMILES string of the molecule is Cc1ccc(C(=O)Nc2ccc(CN3CCN(CCO)CC3)c(C(F)(F)F)c2)cc1C#Cc1cnc(C=CN)nc1. The zero-order valence-corrected chi connectivity index (χ0v) is 22.6. The topological polar surface area (TPSA) is 108 Å². The lowest BCUT2D eigenvalue weighted by atomic mass is 10.0. The van der Waals surface area contributed by atoms with Crippen LogP contribution in [0.2, 0.25) is 0 Å². The van der Waals surface area contributed by atoms with Crippen molar-refractivity contribution in [3.8, 4) is 11.8 Å². The summed E-state index contributed by atoms with van der Waals surface area (Å²) in [6.45, 7) is 5.20. The molecule has 1 aliphatic heterocycles. The summed E-state index contributed by atoms with van der Waals surface area (Å²) >= 11 is 0. The molecular weight excluding hydrogens is 533 g/mol. The highest BCUT2D eigenvalue weighted by atomic mass is 19.4. The quantitative estimate of drug-likeness (QED) is 0.377. The first-order valence-corrected chi connectivity index (χ1v) is 13.1. The normalized spacial score (nSPS) is 14.6. The van der Waals surface area contributed by atoms with Crippen molar-refractivity contribution in [1.29, 1.82) is 0 Å². The number of hydrogen-bond acceptors (Lipinski definition) is 7. The molecule has 0 unspecified atom stereocenters. The van der Waals surface area contributed by atoms with Gasteiger partial charge in [0.05, 0.1) is 17.7 Å². The molecule has 4 rings (SSSR count). The van der Waals surface area contributed by atoms with Crippen LogP contribution in [-0.4, -0.2) is 70.1 Å². The second-order valence-corrected chi connectivity index (χ2v) is 9.63. The fourth-order valence-electron chi connectivity index (χ4n) is 4.42. The molecule has 11 heteroatoms. The van der Waals surface area contributed by atoms with E-state index in [-0.39, 0.29) is 30.0 Å². The smallest absolute Gasteiger partial charge is 0.404 e. The number of piperazine rings is 1. The molecule has 0 radical (unpaired) electrons. The highest BCUT2D eigenvalue weighted by Gasteiger charge is 2.34. The molecule has 1 amide bonds. The largest absolute Gasteiger partial charge is 0.416 e. The lowest BCUT2D eigenvalue weighted by Crippen LogP contribution is -2.46. The number of halogens is 3. The summed E-state index contributed by atoms with van der Waals surface area (Å²) in [4.78, 5) is 25.3. The van der Waals surface area contributed by atoms with Gasteiger partial charge in [-0.2, -0.15) is 13.2 Å². The summed E-state index contributed by atoms with van der Waals surface area (Å²) in [6.07, 6.45) is 1.42. The summed E-state index contributed by atoms with van der Waals surface area (Å²) in [5.41, 5.74) is 7.01. The molecule has 2 aromatic carbocycles. The van der Waals surface area contributed by atoms with Crippen LogP contribution in [0.25, 0.3) is 6.08 Å². The van der Waals surface area contributed by atoms with E-state index < -0.39 is 17.6 Å². The van der Waals surface area contributed by atoms with Crippen molar-refractivity contribution in [2.75, 3.05) is 44.6 Å². The lowest BCUT2D eigenvalue weighted by Gasteiger charge is -2.34. The number of hydrogen-bond donors (Lipinski definition) is 3. The average molecular weight is 565 g/mol. The molecule has 0 bridgehead atoms. The molecule has 0 spiro atoms. The summed E-state index contributed by atoms with van der Waals surface area (Å²) in [5.74, 6) is 5.86. The molecule has 3 aromatic rings. The standard InChI is InChI=1S/C30H31F3N6O2/c1-21-2-4-24(16-23(21)5-3-22-18-35-28(8-9-34)36-19-22)29(41)37-26-7-6-25(27(17-26)30(31,32)33)20-39-12-10-38(11-13-39)14-15-40/h2,4,6-9,16-19,40H,10-15,20,34H2,1H3,(H,37,41). The van der Waals surface area contributed by atoms with E-state index >= 15 is 0 Å². The number of carbonyl (C=O) groups is 1. The molecule has 0 saturated carbocycles. The molecule has 1 aromatic heterocycles. The summed E-state index contributed by atoms with van der Waals surface area (Å²) in [5, 5.41) is 11.7. The first kappa shape index (κ1) is 29.7. The Labute approximate surface area is 236 Å². The van der Waals surface area contributed by atoms with E-state index in [0.29, 0.717) is 49.7 Å². The molecular formula is C30H31F3N6O2. The van der Waals surface area contributed by atoms with Gasteiger partial charge in [-0.05, 0) is 54.6 Å². The molecule has 8 nitrogen and oxygen atoms in total. The predicted molar refractivity (Wildman–Crippen MR) is 151 cm³/mol. The minimum absolute atomic E-state index is 0.0517. The van der Waals surface area contributed by atoms with Crippen molar-refractivity contribution < 1.29 is 23.1 Å². The highest BCUT2D eigenvalue weighted by Crippen LogP contribution is 2.34. The van der Waals surface area contributed by atoms with E-state index in [1.54, 1.807) is 36.7 Å². The number of anilines is 1. The van der Waals surface area contributed by atoms with Crippen molar-refractivity contribution in [2.45, 2.75) is 19.6 Å². The fraction of sp³-hybridized carbons (Fsp3) is 0.300. The zero-order valence-electron chi connectivity index (χ0n) is 22.6. The van der Waals surface area contributed by atoms with Crippen molar-refractivity contribution >= 4 is 17.7 Å². The lowest BCUT2D eigenvalue weighted by molar-refractivity contribution is -0.138. The molecule has 4 N–H and O–H groups in total. The van der Waals surface area contributed by atoms with Crippen LogP contribution in [0.1, 0.15) is 44.0 Å². The number of aryl methyl sites for hydroxylation is 1. The minimum atomic E-state index is -4.58. The van der Waals surface area contributed by atoms with Gasteiger partial charge >= 0.3 is 6.18 Å². The summed E-state index contributed by atoms with van der Waals surface area (Å²) in [7, 11) is 0. The van der Waals surface area contributed by atoms with E-state index in [1.165, 1.54) is 18.3 Å². The Bertz CT molecular complexity index is 1450. The number of aliphatic hydroxyl groups is 1. The van der Waals surface area contributed by atoms with Gasteiger partial charge in [-0.1, -0.05) is 24.0 Å². The van der Waals surface area contributed by atoms with Crippen molar-refractivity contribution in [2.24, 2.45) is 5.73 Å². The van der Waals surface area contributed by atoms with Gasteiger partial charge in [0.2, 0.25) is 0 Å². The average Bonchev–Trinajstić information content (AvgIpc) is 2.95. The van der Waals surface area contributed by atoms with Gasteiger partial charge in [0, 0.05) is 68.5 Å². The van der Waals surface area contributed by atoms with Gasteiger partial charge in [0.15, 0.2) is 5.82 Å². The number of nitrogens with two attached hydrogens (primary N) is 1. The predicted octanol–water partition coefficient (Wildman–Crippen LogP) is 3.50. The van der Waals surface area contributed by atoms with E-state index in [2.05, 4.69) is 32.0 Å². The van der Waals surface area contributed by atoms with Gasteiger partial charge in [-0.15, -0.1) is 0 Å². The second-order valence-electron chi connectivity index (χ2n) is 9.63. The van der Waals surface area contributed by atoms with Crippen molar-refractivity contribution in [1.82, 2.24) is 19.8 Å². The third-order valence-corrected chi connectivity index (χ3v) is 6.71. The molecule has 214 valence electrons. The Morgan fingerprint density at radius 2 is 1.78 bits per heavy atom. The number of nitrogens with one attached hydrogen (secondary N) is 1. The zero-order chi connectivity index (χ0) is 29.4. The molecule has 1 aliphatic rings. The number of β-amino-alcohol motifs (C(OH)–C–C–N with tert-alkyl or cyclic N) is 1. The van der Waals surface area contributed by atoms with Crippen LogP contribution in [0, 0.1) is 18.8 Å². The van der Waals surface area contributed by atoms with Crippen LogP contribution in [0.3, 0.4) is 0 Å².